The lowest BCUT2D eigenvalue weighted by Crippen LogP contribution is -2.47. The molecule has 194 valence electrons. The van der Waals surface area contributed by atoms with E-state index in [0.29, 0.717) is 55.6 Å². The molecule has 2 saturated heterocycles. The standard InChI is InChI=1S/C27H31F2N7O/c1-16-14-37-12-11-35(16)24-13-22(32-26(33-24)20-7-10-31-21-6-4-5-19(20)21)25-17(2)34-36(18(25)3)23-8-9-30-15-27(23,28)29/h4-5,7,10,13,16,23,30H,6,8-9,11-12,14-15H2,1-3H3/t16-,23?/m1/s1. The summed E-state index contributed by atoms with van der Waals surface area (Å²) in [6.07, 6.45) is 7.05. The summed E-state index contributed by atoms with van der Waals surface area (Å²) in [5.41, 5.74) is 5.77. The summed E-state index contributed by atoms with van der Waals surface area (Å²) in [7, 11) is 0. The lowest BCUT2D eigenvalue weighted by molar-refractivity contribution is -0.0704. The van der Waals surface area contributed by atoms with Crippen molar-refractivity contribution in [2.75, 3.05) is 37.7 Å². The first-order valence-electron chi connectivity index (χ1n) is 12.9. The van der Waals surface area contributed by atoms with Gasteiger partial charge in [-0.3, -0.25) is 9.67 Å². The molecular weight excluding hydrogens is 476 g/mol. The molecular formula is C27H31F2N7O. The van der Waals surface area contributed by atoms with Crippen molar-refractivity contribution in [2.45, 2.75) is 51.6 Å². The Labute approximate surface area is 214 Å². The number of anilines is 1. The van der Waals surface area contributed by atoms with Crippen molar-refractivity contribution >= 4 is 11.9 Å². The van der Waals surface area contributed by atoms with Gasteiger partial charge in [0.05, 0.1) is 42.9 Å². The number of alkyl halides is 2. The van der Waals surface area contributed by atoms with Crippen LogP contribution >= 0.6 is 0 Å². The monoisotopic (exact) mass is 507 g/mol. The van der Waals surface area contributed by atoms with Crippen LogP contribution in [-0.2, 0) is 11.2 Å². The molecule has 10 heteroatoms. The number of nitrogens with zero attached hydrogens (tertiary/aromatic N) is 6. The highest BCUT2D eigenvalue weighted by Gasteiger charge is 2.44. The highest BCUT2D eigenvalue weighted by Crippen LogP contribution is 2.39. The van der Waals surface area contributed by atoms with E-state index in [4.69, 9.17) is 14.7 Å². The van der Waals surface area contributed by atoms with E-state index in [1.54, 1.807) is 6.20 Å². The van der Waals surface area contributed by atoms with Gasteiger partial charge in [-0.05, 0) is 39.8 Å². The van der Waals surface area contributed by atoms with Gasteiger partial charge < -0.3 is 15.0 Å². The van der Waals surface area contributed by atoms with E-state index in [1.165, 1.54) is 4.68 Å². The second kappa shape index (κ2) is 9.25. The van der Waals surface area contributed by atoms with Gasteiger partial charge in [-0.1, -0.05) is 12.2 Å². The normalized spacial score (nSPS) is 22.9. The van der Waals surface area contributed by atoms with Crippen molar-refractivity contribution in [2.24, 2.45) is 0 Å². The predicted molar refractivity (Wildman–Crippen MR) is 138 cm³/mol. The van der Waals surface area contributed by atoms with Crippen molar-refractivity contribution in [1.29, 1.82) is 0 Å². The average molecular weight is 508 g/mol. The molecule has 3 aromatic rings. The lowest BCUT2D eigenvalue weighted by Gasteiger charge is -2.34. The number of aromatic nitrogens is 5. The highest BCUT2D eigenvalue weighted by atomic mass is 19.3. The zero-order valence-electron chi connectivity index (χ0n) is 21.3. The number of hydrogen-bond donors (Lipinski definition) is 1. The van der Waals surface area contributed by atoms with E-state index >= 15 is 0 Å². The maximum Gasteiger partial charge on any atom is 0.282 e. The van der Waals surface area contributed by atoms with Crippen molar-refractivity contribution in [3.63, 3.8) is 0 Å². The lowest BCUT2D eigenvalue weighted by atomic mass is 10.0. The minimum Gasteiger partial charge on any atom is -0.377 e. The van der Waals surface area contributed by atoms with Gasteiger partial charge in [-0.2, -0.15) is 5.10 Å². The summed E-state index contributed by atoms with van der Waals surface area (Å²) in [4.78, 5) is 16.7. The molecule has 1 unspecified atom stereocenters. The first-order chi connectivity index (χ1) is 17.8. The zero-order chi connectivity index (χ0) is 25.7. The Balaban J connectivity index is 1.51. The van der Waals surface area contributed by atoms with Gasteiger partial charge in [0.1, 0.15) is 11.9 Å². The molecule has 2 fully saturated rings. The second-order valence-corrected chi connectivity index (χ2v) is 10.1. The Hall–Kier alpha value is -3.24. The fraction of sp³-hybridized carbons (Fsp3) is 0.481. The number of morpholine rings is 1. The molecule has 2 aliphatic heterocycles. The van der Waals surface area contributed by atoms with E-state index in [2.05, 4.69) is 39.4 Å². The van der Waals surface area contributed by atoms with Crippen LogP contribution in [0.4, 0.5) is 14.6 Å². The summed E-state index contributed by atoms with van der Waals surface area (Å²) < 4.78 is 36.9. The molecule has 37 heavy (non-hydrogen) atoms. The molecule has 0 aromatic carbocycles. The number of allylic oxidation sites excluding steroid dienone is 1. The van der Waals surface area contributed by atoms with Crippen molar-refractivity contribution in [1.82, 2.24) is 30.0 Å². The third kappa shape index (κ3) is 4.21. The van der Waals surface area contributed by atoms with Gasteiger partial charge in [0.25, 0.3) is 5.92 Å². The predicted octanol–water partition coefficient (Wildman–Crippen LogP) is 3.98. The van der Waals surface area contributed by atoms with Crippen LogP contribution in [0, 0.1) is 13.8 Å². The molecule has 0 spiro atoms. The summed E-state index contributed by atoms with van der Waals surface area (Å²) in [5, 5.41) is 7.42. The minimum atomic E-state index is -2.88. The van der Waals surface area contributed by atoms with Gasteiger partial charge in [0.15, 0.2) is 5.82 Å². The summed E-state index contributed by atoms with van der Waals surface area (Å²) in [5.74, 6) is -1.49. The smallest absolute Gasteiger partial charge is 0.282 e. The summed E-state index contributed by atoms with van der Waals surface area (Å²) in [6, 6.07) is 3.06. The Kier molecular flexibility index (Phi) is 6.03. The van der Waals surface area contributed by atoms with Crippen molar-refractivity contribution < 1.29 is 13.5 Å². The molecule has 0 bridgehead atoms. The average Bonchev–Trinajstić information content (AvgIpc) is 3.47. The molecule has 0 radical (unpaired) electrons. The molecule has 6 rings (SSSR count). The molecule has 1 N–H and O–H groups in total. The van der Waals surface area contributed by atoms with Gasteiger partial charge in [-0.25, -0.2) is 18.7 Å². The van der Waals surface area contributed by atoms with Crippen LogP contribution in [0.25, 0.3) is 28.7 Å². The van der Waals surface area contributed by atoms with Gasteiger partial charge in [0.2, 0.25) is 0 Å². The Morgan fingerprint density at radius 2 is 2.08 bits per heavy atom. The first kappa shape index (κ1) is 24.1. The molecule has 0 saturated carbocycles. The number of hydrogen-bond acceptors (Lipinski definition) is 7. The highest BCUT2D eigenvalue weighted by molar-refractivity contribution is 5.78. The first-order valence-corrected chi connectivity index (χ1v) is 12.9. The van der Waals surface area contributed by atoms with Crippen LogP contribution < -0.4 is 10.2 Å². The number of nitrogens with one attached hydrogen (secondary N) is 1. The third-order valence-electron chi connectivity index (χ3n) is 7.60. The fourth-order valence-electron chi connectivity index (χ4n) is 5.71. The zero-order valence-corrected chi connectivity index (χ0v) is 21.3. The Morgan fingerprint density at radius 1 is 1.22 bits per heavy atom. The minimum absolute atomic E-state index is 0.144. The van der Waals surface area contributed by atoms with E-state index < -0.39 is 12.0 Å². The molecule has 5 heterocycles. The van der Waals surface area contributed by atoms with Crippen molar-refractivity contribution in [3.8, 4) is 22.6 Å². The van der Waals surface area contributed by atoms with Gasteiger partial charge in [0, 0.05) is 47.6 Å². The second-order valence-electron chi connectivity index (χ2n) is 10.1. The Morgan fingerprint density at radius 3 is 2.89 bits per heavy atom. The number of aryl methyl sites for hydroxylation is 1. The fourth-order valence-corrected chi connectivity index (χ4v) is 5.71. The topological polar surface area (TPSA) is 81.0 Å². The van der Waals surface area contributed by atoms with Crippen LogP contribution in [0.3, 0.4) is 0 Å². The van der Waals surface area contributed by atoms with E-state index in [1.807, 2.05) is 26.0 Å². The van der Waals surface area contributed by atoms with Crippen LogP contribution in [0.1, 0.15) is 42.0 Å². The van der Waals surface area contributed by atoms with Crippen LogP contribution in [0.5, 0.6) is 0 Å². The maximum atomic E-state index is 14.9. The van der Waals surface area contributed by atoms with E-state index in [0.717, 1.165) is 34.6 Å². The molecule has 8 nitrogen and oxygen atoms in total. The SMILES string of the molecule is Cc1nn(C2CCNCC2(F)F)c(C)c1-c1cc(N2CCOC[C@H]2C)nc(-c2ccnc3c2C=CC3)n1. The maximum absolute atomic E-state index is 14.9. The van der Waals surface area contributed by atoms with Gasteiger partial charge >= 0.3 is 0 Å². The van der Waals surface area contributed by atoms with Crippen LogP contribution in [0.2, 0.25) is 0 Å². The van der Waals surface area contributed by atoms with Crippen LogP contribution in [-0.4, -0.2) is 69.5 Å². The quantitative estimate of drug-likeness (QED) is 0.572. The van der Waals surface area contributed by atoms with Gasteiger partial charge in [-0.15, -0.1) is 0 Å². The molecule has 1 aliphatic carbocycles. The summed E-state index contributed by atoms with van der Waals surface area (Å²) in [6.45, 7) is 7.97. The number of halogens is 2. The number of ether oxygens (including phenoxy) is 1. The molecule has 2 atom stereocenters. The summed E-state index contributed by atoms with van der Waals surface area (Å²) >= 11 is 0. The number of fused-ring (bicyclic) bond motifs is 1. The number of piperidine rings is 1. The van der Waals surface area contributed by atoms with E-state index in [9.17, 15) is 8.78 Å². The number of pyridine rings is 1. The largest absolute Gasteiger partial charge is 0.377 e. The van der Waals surface area contributed by atoms with Crippen LogP contribution in [0.15, 0.2) is 24.4 Å². The third-order valence-corrected chi connectivity index (χ3v) is 7.60. The molecule has 3 aromatic heterocycles. The van der Waals surface area contributed by atoms with Crippen molar-refractivity contribution in [3.05, 3.63) is 47.1 Å². The Bertz CT molecular complexity index is 1370. The molecule has 0 amide bonds. The van der Waals surface area contributed by atoms with E-state index in [-0.39, 0.29) is 12.6 Å². The number of rotatable bonds is 4. The molecule has 3 aliphatic rings.